The molecule has 1 fully saturated rings. The highest BCUT2D eigenvalue weighted by Gasteiger charge is 2.18. The lowest BCUT2D eigenvalue weighted by molar-refractivity contribution is -0.122. The summed E-state index contributed by atoms with van der Waals surface area (Å²) in [6.07, 6.45) is 13.6. The summed E-state index contributed by atoms with van der Waals surface area (Å²) in [4.78, 5) is 11.5. The summed E-state index contributed by atoms with van der Waals surface area (Å²) < 4.78 is 0. The molecule has 1 saturated carbocycles. The molecule has 1 heteroatoms. The Morgan fingerprint density at radius 2 is 2.21 bits per heavy atom. The third kappa shape index (κ3) is 4.08. The van der Waals surface area contributed by atoms with E-state index in [0.717, 1.165) is 25.7 Å². The monoisotopic (exact) mass is 194 g/mol. The fraction of sp³-hybridized carbons (Fsp3) is 0.769. The van der Waals surface area contributed by atoms with Crippen molar-refractivity contribution in [2.45, 2.75) is 58.3 Å². The Bertz CT molecular complexity index is 193. The molecule has 0 amide bonds. The third-order valence-electron chi connectivity index (χ3n) is 2.94. The first-order valence-electron chi connectivity index (χ1n) is 6.04. The number of allylic oxidation sites excluding steroid dienone is 2. The van der Waals surface area contributed by atoms with Gasteiger partial charge in [0.2, 0.25) is 0 Å². The molecule has 1 rings (SSSR count). The van der Waals surface area contributed by atoms with Crippen LogP contribution in [-0.4, -0.2) is 5.78 Å². The SMILES string of the molecule is CCCCCC=CC1CCCCC1=O. The van der Waals surface area contributed by atoms with Gasteiger partial charge in [-0.2, -0.15) is 0 Å². The molecule has 0 radical (unpaired) electrons. The van der Waals surface area contributed by atoms with Crippen LogP contribution in [0.1, 0.15) is 58.3 Å². The summed E-state index contributed by atoms with van der Waals surface area (Å²) in [5.74, 6) is 0.716. The fourth-order valence-electron chi connectivity index (χ4n) is 1.99. The van der Waals surface area contributed by atoms with Crippen LogP contribution in [0.2, 0.25) is 0 Å². The topological polar surface area (TPSA) is 17.1 Å². The summed E-state index contributed by atoms with van der Waals surface area (Å²) >= 11 is 0. The molecular formula is C13H22O. The number of Topliss-reactive ketones (excluding diaryl/α,β-unsaturated/α-hetero) is 1. The summed E-state index contributed by atoms with van der Waals surface area (Å²) in [5.41, 5.74) is 0. The lowest BCUT2D eigenvalue weighted by Gasteiger charge is -2.16. The summed E-state index contributed by atoms with van der Waals surface area (Å²) in [5, 5.41) is 0. The molecule has 0 heterocycles. The molecule has 0 spiro atoms. The van der Waals surface area contributed by atoms with Crippen LogP contribution in [0.3, 0.4) is 0 Å². The molecule has 0 aromatic rings. The molecule has 0 aromatic heterocycles. The average molecular weight is 194 g/mol. The van der Waals surface area contributed by atoms with Crippen molar-refractivity contribution in [3.05, 3.63) is 12.2 Å². The van der Waals surface area contributed by atoms with Crippen LogP contribution in [0.4, 0.5) is 0 Å². The van der Waals surface area contributed by atoms with E-state index < -0.39 is 0 Å². The first-order chi connectivity index (χ1) is 6.84. The Morgan fingerprint density at radius 1 is 1.36 bits per heavy atom. The van der Waals surface area contributed by atoms with Crippen LogP contribution in [0.5, 0.6) is 0 Å². The largest absolute Gasteiger partial charge is 0.299 e. The van der Waals surface area contributed by atoms with E-state index in [2.05, 4.69) is 19.1 Å². The van der Waals surface area contributed by atoms with E-state index in [-0.39, 0.29) is 5.92 Å². The Morgan fingerprint density at radius 3 is 2.93 bits per heavy atom. The van der Waals surface area contributed by atoms with Crippen LogP contribution in [0.15, 0.2) is 12.2 Å². The molecule has 1 aliphatic carbocycles. The maximum Gasteiger partial charge on any atom is 0.139 e. The van der Waals surface area contributed by atoms with Crippen molar-refractivity contribution in [1.82, 2.24) is 0 Å². The van der Waals surface area contributed by atoms with Gasteiger partial charge in [0.1, 0.15) is 5.78 Å². The molecule has 1 nitrogen and oxygen atoms in total. The van der Waals surface area contributed by atoms with Gasteiger partial charge in [-0.15, -0.1) is 0 Å². The van der Waals surface area contributed by atoms with Crippen LogP contribution >= 0.6 is 0 Å². The Labute approximate surface area is 87.6 Å². The first kappa shape index (κ1) is 11.5. The van der Waals surface area contributed by atoms with Crippen molar-refractivity contribution >= 4 is 5.78 Å². The minimum atomic E-state index is 0.255. The molecule has 1 unspecified atom stereocenters. The van der Waals surface area contributed by atoms with Crippen molar-refractivity contribution in [3.63, 3.8) is 0 Å². The normalized spacial score (nSPS) is 23.2. The van der Waals surface area contributed by atoms with Crippen molar-refractivity contribution in [1.29, 1.82) is 0 Å². The number of carbonyl (C=O) groups excluding carboxylic acids is 1. The second-order valence-electron chi connectivity index (χ2n) is 4.24. The van der Waals surface area contributed by atoms with Gasteiger partial charge in [-0.25, -0.2) is 0 Å². The van der Waals surface area contributed by atoms with Crippen LogP contribution < -0.4 is 0 Å². The molecule has 0 N–H and O–H groups in total. The standard InChI is InChI=1S/C13H22O/c1-2-3-4-5-6-9-12-10-7-8-11-13(12)14/h6,9,12H,2-5,7-8,10-11H2,1H3. The van der Waals surface area contributed by atoms with Gasteiger partial charge < -0.3 is 0 Å². The van der Waals surface area contributed by atoms with E-state index in [4.69, 9.17) is 0 Å². The van der Waals surface area contributed by atoms with Gasteiger partial charge >= 0.3 is 0 Å². The summed E-state index contributed by atoms with van der Waals surface area (Å²) in [6.45, 7) is 2.22. The van der Waals surface area contributed by atoms with Crippen molar-refractivity contribution < 1.29 is 4.79 Å². The predicted molar refractivity (Wildman–Crippen MR) is 60.2 cm³/mol. The van der Waals surface area contributed by atoms with E-state index in [1.807, 2.05) is 0 Å². The number of ketones is 1. The van der Waals surface area contributed by atoms with Gasteiger partial charge in [0.15, 0.2) is 0 Å². The predicted octanol–water partition coefficient (Wildman–Crippen LogP) is 3.88. The van der Waals surface area contributed by atoms with E-state index in [9.17, 15) is 4.79 Å². The van der Waals surface area contributed by atoms with Crippen LogP contribution in [0, 0.1) is 5.92 Å². The second-order valence-corrected chi connectivity index (χ2v) is 4.24. The van der Waals surface area contributed by atoms with E-state index in [0.29, 0.717) is 5.78 Å². The lowest BCUT2D eigenvalue weighted by atomic mass is 9.87. The Kier molecular flexibility index (Phi) is 5.58. The molecule has 0 saturated heterocycles. The number of carbonyl (C=O) groups is 1. The second kappa shape index (κ2) is 6.80. The van der Waals surface area contributed by atoms with Gasteiger partial charge in [-0.1, -0.05) is 38.3 Å². The quantitative estimate of drug-likeness (QED) is 0.479. The summed E-state index contributed by atoms with van der Waals surface area (Å²) in [7, 11) is 0. The van der Waals surface area contributed by atoms with E-state index in [1.165, 1.54) is 25.7 Å². The average Bonchev–Trinajstić information content (AvgIpc) is 2.20. The van der Waals surface area contributed by atoms with Gasteiger partial charge in [0.25, 0.3) is 0 Å². The van der Waals surface area contributed by atoms with Crippen LogP contribution in [0.25, 0.3) is 0 Å². The Hall–Kier alpha value is -0.590. The van der Waals surface area contributed by atoms with Gasteiger partial charge in [-0.3, -0.25) is 4.79 Å². The van der Waals surface area contributed by atoms with Crippen LogP contribution in [-0.2, 0) is 4.79 Å². The molecule has 1 aliphatic rings. The van der Waals surface area contributed by atoms with Crippen molar-refractivity contribution in [2.24, 2.45) is 5.92 Å². The molecule has 14 heavy (non-hydrogen) atoms. The highest BCUT2D eigenvalue weighted by molar-refractivity contribution is 5.83. The molecule has 80 valence electrons. The Balaban J connectivity index is 2.17. The molecule has 0 bridgehead atoms. The molecular weight excluding hydrogens is 172 g/mol. The van der Waals surface area contributed by atoms with Crippen molar-refractivity contribution in [3.8, 4) is 0 Å². The van der Waals surface area contributed by atoms with Gasteiger partial charge in [0.05, 0.1) is 0 Å². The highest BCUT2D eigenvalue weighted by atomic mass is 16.1. The maximum absolute atomic E-state index is 11.5. The number of hydrogen-bond donors (Lipinski definition) is 0. The fourth-order valence-corrected chi connectivity index (χ4v) is 1.99. The molecule has 1 atom stereocenters. The zero-order valence-electron chi connectivity index (χ0n) is 9.30. The highest BCUT2D eigenvalue weighted by Crippen LogP contribution is 2.21. The lowest BCUT2D eigenvalue weighted by Crippen LogP contribution is -2.16. The number of hydrogen-bond acceptors (Lipinski definition) is 1. The van der Waals surface area contributed by atoms with Gasteiger partial charge in [-0.05, 0) is 25.7 Å². The van der Waals surface area contributed by atoms with E-state index >= 15 is 0 Å². The third-order valence-corrected chi connectivity index (χ3v) is 2.94. The maximum atomic E-state index is 11.5. The smallest absolute Gasteiger partial charge is 0.139 e. The minimum absolute atomic E-state index is 0.255. The molecule has 0 aliphatic heterocycles. The zero-order chi connectivity index (χ0) is 10.2. The minimum Gasteiger partial charge on any atom is -0.299 e. The number of rotatable bonds is 5. The van der Waals surface area contributed by atoms with E-state index in [1.54, 1.807) is 0 Å². The molecule has 0 aromatic carbocycles. The zero-order valence-corrected chi connectivity index (χ0v) is 9.30. The summed E-state index contributed by atoms with van der Waals surface area (Å²) in [6, 6.07) is 0. The van der Waals surface area contributed by atoms with Gasteiger partial charge in [0, 0.05) is 12.3 Å². The van der Waals surface area contributed by atoms with Crippen molar-refractivity contribution in [2.75, 3.05) is 0 Å². The first-order valence-corrected chi connectivity index (χ1v) is 6.04. The number of unbranched alkanes of at least 4 members (excludes halogenated alkanes) is 3.